The van der Waals surface area contributed by atoms with Crippen molar-refractivity contribution in [3.63, 3.8) is 0 Å². The van der Waals surface area contributed by atoms with Gasteiger partial charge in [-0.25, -0.2) is 17.8 Å². The normalized spacial score (nSPS) is 11.0. The zero-order valence-corrected chi connectivity index (χ0v) is 33.0. The Morgan fingerprint density at radius 3 is 1.86 bits per heavy atom. The van der Waals surface area contributed by atoms with E-state index in [1.807, 2.05) is 20.8 Å². The molecule has 8 rings (SSSR count). The molecular formula is C41H36FN7O7S2. The predicted octanol–water partition coefficient (Wildman–Crippen LogP) is 7.18. The third kappa shape index (κ3) is 8.96. The number of fused-ring (bicyclic) bond motifs is 2. The molecular weight excluding hydrogens is 786 g/mol. The molecule has 0 saturated carbocycles. The molecule has 2 amide bonds. The van der Waals surface area contributed by atoms with Gasteiger partial charge in [0.1, 0.15) is 34.2 Å². The lowest BCUT2D eigenvalue weighted by Crippen LogP contribution is -2.17. The molecule has 0 unspecified atom stereocenters. The molecule has 0 aliphatic rings. The molecule has 3 aromatic carbocycles. The third-order valence-corrected chi connectivity index (χ3v) is 10.3. The molecule has 14 nitrogen and oxygen atoms in total. The van der Waals surface area contributed by atoms with Gasteiger partial charge in [-0.3, -0.25) is 33.6 Å². The van der Waals surface area contributed by atoms with Gasteiger partial charge in [0.15, 0.2) is 15.0 Å². The largest absolute Gasteiger partial charge is 0.508 e. The molecule has 58 heavy (non-hydrogen) atoms. The Morgan fingerprint density at radius 2 is 1.31 bits per heavy atom. The fourth-order valence-electron chi connectivity index (χ4n) is 5.79. The Kier molecular flexibility index (Phi) is 11.8. The number of rotatable bonds is 7. The predicted molar refractivity (Wildman–Crippen MR) is 223 cm³/mol. The van der Waals surface area contributed by atoms with Gasteiger partial charge in [0.2, 0.25) is 0 Å². The molecule has 0 radical (unpaired) electrons. The number of amides is 2. The fourth-order valence-corrected chi connectivity index (χ4v) is 7.12. The number of hydrogen-bond donors (Lipinski definition) is 5. The molecule has 0 fully saturated rings. The van der Waals surface area contributed by atoms with Crippen LogP contribution in [-0.2, 0) is 9.84 Å². The van der Waals surface area contributed by atoms with Crippen molar-refractivity contribution in [3.05, 3.63) is 158 Å². The van der Waals surface area contributed by atoms with E-state index in [2.05, 4.69) is 25.6 Å². The lowest BCUT2D eigenvalue weighted by Gasteiger charge is -2.08. The zero-order chi connectivity index (χ0) is 41.7. The third-order valence-electron chi connectivity index (χ3n) is 8.38. The van der Waals surface area contributed by atoms with Crippen molar-refractivity contribution < 1.29 is 27.5 Å². The highest BCUT2D eigenvalue weighted by Crippen LogP contribution is 2.23. The van der Waals surface area contributed by atoms with Crippen LogP contribution in [0, 0.1) is 12.7 Å². The lowest BCUT2D eigenvalue weighted by atomic mass is 10.2. The molecule has 296 valence electrons. The number of thiazole rings is 1. The van der Waals surface area contributed by atoms with E-state index in [1.54, 1.807) is 48.7 Å². The maximum Gasteiger partial charge on any atom is 0.273 e. The van der Waals surface area contributed by atoms with Crippen LogP contribution in [0.4, 0.5) is 15.2 Å². The smallest absolute Gasteiger partial charge is 0.273 e. The first-order valence-electron chi connectivity index (χ1n) is 17.6. The van der Waals surface area contributed by atoms with E-state index in [9.17, 15) is 37.1 Å². The number of carbonyl (C=O) groups is 2. The zero-order valence-electron chi connectivity index (χ0n) is 31.4. The highest BCUT2D eigenvalue weighted by Gasteiger charge is 2.17. The number of carbonyl (C=O) groups excluding carboxylic acids is 2. The number of anilines is 2. The van der Waals surface area contributed by atoms with Gasteiger partial charge in [-0.1, -0.05) is 26.0 Å². The summed E-state index contributed by atoms with van der Waals surface area (Å²) >= 11 is 1.37. The highest BCUT2D eigenvalue weighted by molar-refractivity contribution is 7.90. The van der Waals surface area contributed by atoms with Gasteiger partial charge in [0, 0.05) is 52.0 Å². The van der Waals surface area contributed by atoms with E-state index in [4.69, 9.17) is 0 Å². The van der Waals surface area contributed by atoms with E-state index in [0.717, 1.165) is 11.1 Å². The van der Waals surface area contributed by atoms with Crippen molar-refractivity contribution in [2.75, 3.05) is 16.9 Å². The molecule has 8 aromatic rings. The van der Waals surface area contributed by atoms with Crippen LogP contribution < -0.4 is 21.8 Å². The van der Waals surface area contributed by atoms with Crippen LogP contribution in [0.2, 0.25) is 0 Å². The second kappa shape index (κ2) is 16.9. The topological polar surface area (TPSA) is 201 Å². The van der Waals surface area contributed by atoms with Crippen LogP contribution in [0.5, 0.6) is 5.75 Å². The number of aromatic amines is 2. The number of pyridine rings is 2. The Morgan fingerprint density at radius 1 is 0.741 bits per heavy atom. The summed E-state index contributed by atoms with van der Waals surface area (Å²) in [5, 5.41) is 16.9. The Bertz CT molecular complexity index is 3040. The standard InChI is InChI=1S/C21H17N3O5S.C18H13FN4O2S.C2H6/c1-30(28,29)17-7-2-4-14(11-17)22-21(27)18-10-13-8-9-19(26)24(20(13)23-18)15-5-3-6-16(25)12-15;1-10-9-20-18(26-10)22-17(25)14-8-11-2-7-15(24)23(16(11)21-14)13-5-3-12(19)4-6-13;1-2/h2-12,23,25H,1H3,(H,22,27);2-9,21H,1H3,(H,20,22,25);1-2H3. The summed E-state index contributed by atoms with van der Waals surface area (Å²) < 4.78 is 39.4. The molecule has 0 atom stereocenters. The summed E-state index contributed by atoms with van der Waals surface area (Å²) in [6.07, 6.45) is 2.77. The molecule has 0 spiro atoms. The van der Waals surface area contributed by atoms with E-state index in [1.165, 1.54) is 87.2 Å². The van der Waals surface area contributed by atoms with E-state index >= 15 is 0 Å². The van der Waals surface area contributed by atoms with E-state index < -0.39 is 15.7 Å². The van der Waals surface area contributed by atoms with Crippen LogP contribution in [-0.4, -0.2) is 55.7 Å². The van der Waals surface area contributed by atoms with Gasteiger partial charge in [-0.15, -0.1) is 11.3 Å². The lowest BCUT2D eigenvalue weighted by molar-refractivity contribution is 0.101. The number of phenolic OH excluding ortho intramolecular Hbond substituents is 1. The molecule has 0 aliphatic heterocycles. The van der Waals surface area contributed by atoms with Crippen molar-refractivity contribution in [1.29, 1.82) is 0 Å². The molecule has 5 aromatic heterocycles. The first kappa shape index (κ1) is 40.6. The Balaban J connectivity index is 0.000000189. The van der Waals surface area contributed by atoms with Gasteiger partial charge in [0.05, 0.1) is 16.3 Å². The Labute approximate surface area is 334 Å². The molecule has 0 saturated heterocycles. The van der Waals surface area contributed by atoms with Crippen molar-refractivity contribution in [1.82, 2.24) is 24.1 Å². The van der Waals surface area contributed by atoms with E-state index in [-0.39, 0.29) is 39.2 Å². The number of halogens is 1. The summed E-state index contributed by atoms with van der Waals surface area (Å²) in [5.41, 5.74) is 2.01. The van der Waals surface area contributed by atoms with Gasteiger partial charge >= 0.3 is 0 Å². The minimum atomic E-state index is -3.41. The van der Waals surface area contributed by atoms with Gasteiger partial charge in [-0.2, -0.15) is 0 Å². The van der Waals surface area contributed by atoms with Gasteiger partial charge < -0.3 is 20.4 Å². The van der Waals surface area contributed by atoms with Crippen LogP contribution in [0.1, 0.15) is 39.7 Å². The van der Waals surface area contributed by atoms with Crippen molar-refractivity contribution in [3.8, 4) is 17.1 Å². The number of H-pyrrole nitrogens is 2. The maximum atomic E-state index is 13.2. The van der Waals surface area contributed by atoms with Crippen molar-refractivity contribution in [2.24, 2.45) is 0 Å². The molecule has 0 bridgehead atoms. The average Bonchev–Trinajstić information content (AvgIpc) is 3.94. The molecule has 5 N–H and O–H groups in total. The minimum Gasteiger partial charge on any atom is -0.508 e. The van der Waals surface area contributed by atoms with Crippen LogP contribution in [0.25, 0.3) is 33.4 Å². The summed E-state index contributed by atoms with van der Waals surface area (Å²) in [4.78, 5) is 61.1. The first-order chi connectivity index (χ1) is 27.7. The summed E-state index contributed by atoms with van der Waals surface area (Å²) in [6, 6.07) is 27.0. The van der Waals surface area contributed by atoms with Crippen LogP contribution in [0.3, 0.4) is 0 Å². The number of hydrogen-bond acceptors (Lipinski definition) is 9. The number of aromatic hydroxyl groups is 1. The van der Waals surface area contributed by atoms with Crippen LogP contribution >= 0.6 is 11.3 Å². The molecule has 0 aliphatic carbocycles. The number of aryl methyl sites for hydroxylation is 1. The van der Waals surface area contributed by atoms with Crippen LogP contribution in [0.15, 0.2) is 130 Å². The first-order valence-corrected chi connectivity index (χ1v) is 20.3. The summed E-state index contributed by atoms with van der Waals surface area (Å²) in [7, 11) is -3.41. The number of nitrogens with zero attached hydrogens (tertiary/aromatic N) is 3. The number of benzene rings is 3. The number of sulfone groups is 1. The second-order valence-electron chi connectivity index (χ2n) is 12.5. The molecule has 17 heteroatoms. The fraction of sp³-hybridized carbons (Fsp3) is 0.0976. The van der Waals surface area contributed by atoms with Gasteiger partial charge in [-0.05, 0) is 85.8 Å². The number of nitrogens with one attached hydrogen (secondary N) is 4. The number of aromatic nitrogens is 5. The Hall–Kier alpha value is -7.11. The van der Waals surface area contributed by atoms with Crippen molar-refractivity contribution in [2.45, 2.75) is 25.7 Å². The summed E-state index contributed by atoms with van der Waals surface area (Å²) in [5.74, 6) is -1.23. The monoisotopic (exact) mass is 821 g/mol. The van der Waals surface area contributed by atoms with Gasteiger partial charge in [0.25, 0.3) is 22.9 Å². The SMILES string of the molecule is CC.CS(=O)(=O)c1cccc(NC(=O)c2cc3ccc(=O)n(-c4cccc(O)c4)c3[nH]2)c1.Cc1cnc(NC(=O)c2cc3ccc(=O)n(-c4ccc(F)cc4)c3[nH]2)s1. The molecule has 5 heterocycles. The quantitative estimate of drug-likeness (QED) is 0.111. The number of phenols is 1. The highest BCUT2D eigenvalue weighted by atomic mass is 32.2. The second-order valence-corrected chi connectivity index (χ2v) is 15.7. The maximum absolute atomic E-state index is 13.2. The van der Waals surface area contributed by atoms with Crippen molar-refractivity contribution >= 4 is 65.9 Å². The minimum absolute atomic E-state index is 0.00619. The average molecular weight is 822 g/mol. The van der Waals surface area contributed by atoms with E-state index in [0.29, 0.717) is 50.0 Å². The summed E-state index contributed by atoms with van der Waals surface area (Å²) in [6.45, 7) is 5.90.